The molecular formula is C68H99N19O10. The number of hydrogen-bond donors (Lipinski definition) is 18. The van der Waals surface area contributed by atoms with Crippen molar-refractivity contribution in [3.63, 3.8) is 0 Å². The second kappa shape index (κ2) is 37.3. The van der Waals surface area contributed by atoms with Crippen LogP contribution in [-0.4, -0.2) is 159 Å². The van der Waals surface area contributed by atoms with Crippen LogP contribution in [0.25, 0.3) is 32.7 Å². The highest BCUT2D eigenvalue weighted by Crippen LogP contribution is 2.24. The maximum Gasteiger partial charge on any atom is 0.326 e. The Hall–Kier alpha value is -10.0. The number of aromatic amines is 3. The number of hydrogen-bond acceptors (Lipinski definition) is 13. The smallest absolute Gasteiger partial charge is 0.326 e. The minimum Gasteiger partial charge on any atom is -0.480 e. The number of unbranched alkanes of at least 4 members (excludes halogenated alkanes) is 1. The average molecular weight is 1340 g/mol. The first-order valence-corrected chi connectivity index (χ1v) is 33.2. The predicted molar refractivity (Wildman–Crippen MR) is 374 cm³/mol. The molecule has 3 aromatic heterocycles. The molecule has 97 heavy (non-hydrogen) atoms. The molecule has 29 nitrogen and oxygen atoms in total. The normalized spacial score (nSPS) is 14.8. The fraction of sp³-hybridized carbons (Fsp3) is 0.485. The van der Waals surface area contributed by atoms with E-state index in [1.807, 2.05) is 73.7 Å². The summed E-state index contributed by atoms with van der Waals surface area (Å²) in [6.45, 7) is 10.9. The minimum absolute atomic E-state index is 0.0157. The third-order valence-corrected chi connectivity index (χ3v) is 17.5. The Morgan fingerprint density at radius 1 is 0.433 bits per heavy atom. The second-order valence-corrected chi connectivity index (χ2v) is 25.1. The van der Waals surface area contributed by atoms with Crippen molar-refractivity contribution in [3.05, 3.63) is 108 Å². The van der Waals surface area contributed by atoms with Crippen LogP contribution in [-0.2, 0) is 62.4 Å². The third-order valence-electron chi connectivity index (χ3n) is 17.5. The highest BCUT2D eigenvalue weighted by atomic mass is 16.4. The summed E-state index contributed by atoms with van der Waals surface area (Å²) in [5.41, 5.74) is 38.9. The molecule has 0 aliphatic carbocycles. The number of carboxylic acids is 1. The van der Waals surface area contributed by atoms with Crippen LogP contribution >= 0.6 is 0 Å². The van der Waals surface area contributed by atoms with E-state index in [0.29, 0.717) is 55.3 Å². The number of H-pyrrole nitrogens is 3. The standard InChI is InChI=1S/C68H99N19O10/c1-7-38(5)56(86-62(92)52(82-58(88)46(70)22-15-16-28-69)31-40-34-77-47-23-12-9-19-43(40)47)65(95)81-51(27-18-30-76-68(73)74)60(90)83-53(32-41-35-78-48-24-13-10-20-44(41)48)61(91)85-55(37(3)4)64(94)80-50(26-17-29-75-67(71)72)59(89)84-54(63(93)87-57(66(96)97)39(6)8-2)33-42-36-79-49-25-14-11-21-45(42)49/h9-14,19-21,23-25,34-39,46,50-57,77-79H,7-8,15-18,22,26-33,69-70H2,1-6H3,(H,80,94)(H,81,95)(H,82,88)(H,83,90)(H,84,89)(H,85,91)(H,86,92)(H,87,93)(H,96,97)(H4,71,72,75)(H4,73,74,76)/t38-,39-,46-,50-,51-,52-,53-,54-,55-,56-,57-/m0/s1. The molecule has 6 aromatic rings. The topological polar surface area (TPSA) is 498 Å². The highest BCUT2D eigenvalue weighted by Gasteiger charge is 2.38. The van der Waals surface area contributed by atoms with E-state index >= 15 is 9.59 Å². The number of nitrogens with zero attached hydrogens (tertiary/aromatic N) is 2. The van der Waals surface area contributed by atoms with Gasteiger partial charge in [-0.25, -0.2) is 4.79 Å². The zero-order valence-corrected chi connectivity index (χ0v) is 56.2. The molecule has 526 valence electrons. The van der Waals surface area contributed by atoms with E-state index in [1.54, 1.807) is 59.3 Å². The molecule has 8 amide bonds. The van der Waals surface area contributed by atoms with E-state index < -0.39 is 125 Å². The van der Waals surface area contributed by atoms with Crippen molar-refractivity contribution in [3.8, 4) is 0 Å². The fourth-order valence-electron chi connectivity index (χ4n) is 11.4. The predicted octanol–water partition coefficient (Wildman–Crippen LogP) is 1.43. The van der Waals surface area contributed by atoms with Crippen molar-refractivity contribution < 1.29 is 48.3 Å². The lowest BCUT2D eigenvalue weighted by Gasteiger charge is -2.30. The maximum absolute atomic E-state index is 15.1. The number of amides is 8. The molecule has 0 unspecified atom stereocenters. The van der Waals surface area contributed by atoms with Crippen LogP contribution in [0.15, 0.2) is 101 Å². The molecule has 0 fully saturated rings. The number of carboxylic acid groups (broad SMARTS) is 1. The molecule has 29 heteroatoms. The number of aliphatic carboxylic acids is 1. The second-order valence-electron chi connectivity index (χ2n) is 25.1. The maximum atomic E-state index is 15.1. The molecule has 0 saturated heterocycles. The average Bonchev–Trinajstić information content (AvgIpc) is 1.93. The van der Waals surface area contributed by atoms with Crippen LogP contribution < -0.4 is 76.9 Å². The molecule has 0 spiro atoms. The summed E-state index contributed by atoms with van der Waals surface area (Å²) in [5.74, 6) is -9.50. The largest absolute Gasteiger partial charge is 0.480 e. The summed E-state index contributed by atoms with van der Waals surface area (Å²) >= 11 is 0. The molecule has 0 saturated carbocycles. The van der Waals surface area contributed by atoms with Gasteiger partial charge >= 0.3 is 5.97 Å². The zero-order valence-electron chi connectivity index (χ0n) is 56.2. The Morgan fingerprint density at radius 3 is 1.14 bits per heavy atom. The summed E-state index contributed by atoms with van der Waals surface area (Å²) < 4.78 is 0. The number of carbonyl (C=O) groups excluding carboxylic acids is 8. The lowest BCUT2D eigenvalue weighted by Crippen LogP contribution is -2.62. The quantitative estimate of drug-likeness (QED) is 0.0147. The first-order valence-electron chi connectivity index (χ1n) is 33.2. The van der Waals surface area contributed by atoms with Gasteiger partial charge < -0.3 is 97.0 Å². The van der Waals surface area contributed by atoms with E-state index in [0.717, 1.165) is 32.7 Å². The Balaban J connectivity index is 1.30. The van der Waals surface area contributed by atoms with Crippen LogP contribution in [0.3, 0.4) is 0 Å². The van der Waals surface area contributed by atoms with Crippen LogP contribution in [0.4, 0.5) is 0 Å². The van der Waals surface area contributed by atoms with Crippen molar-refractivity contribution in [2.45, 2.75) is 173 Å². The Labute approximate surface area is 564 Å². The number of para-hydroxylation sites is 3. The van der Waals surface area contributed by atoms with E-state index in [1.165, 1.54) is 0 Å². The molecule has 0 aliphatic heterocycles. The number of nitrogens with one attached hydrogen (secondary N) is 11. The minimum atomic E-state index is -1.45. The number of fused-ring (bicyclic) bond motifs is 3. The van der Waals surface area contributed by atoms with Gasteiger partial charge in [0, 0.05) is 83.7 Å². The fourth-order valence-corrected chi connectivity index (χ4v) is 11.4. The number of aromatic nitrogens is 3. The van der Waals surface area contributed by atoms with Crippen LogP contribution in [0.5, 0.6) is 0 Å². The monoisotopic (exact) mass is 1340 g/mol. The zero-order chi connectivity index (χ0) is 70.9. The number of aliphatic imine (C=N–C) groups is 2. The highest BCUT2D eigenvalue weighted by molar-refractivity contribution is 5.99. The van der Waals surface area contributed by atoms with Crippen LogP contribution in [0, 0.1) is 17.8 Å². The van der Waals surface area contributed by atoms with Gasteiger partial charge in [0.05, 0.1) is 6.04 Å². The first-order chi connectivity index (χ1) is 46.3. The van der Waals surface area contributed by atoms with Crippen molar-refractivity contribution in [1.82, 2.24) is 57.5 Å². The van der Waals surface area contributed by atoms with Gasteiger partial charge in [-0.05, 0) is 97.7 Å². The summed E-state index contributed by atoms with van der Waals surface area (Å²) in [7, 11) is 0. The van der Waals surface area contributed by atoms with Gasteiger partial charge in [0.15, 0.2) is 11.9 Å². The van der Waals surface area contributed by atoms with Crippen molar-refractivity contribution in [1.29, 1.82) is 0 Å². The van der Waals surface area contributed by atoms with Crippen LogP contribution in [0.2, 0.25) is 0 Å². The van der Waals surface area contributed by atoms with Crippen LogP contribution in [0.1, 0.15) is 116 Å². The summed E-state index contributed by atoms with van der Waals surface area (Å²) in [6.07, 6.45) is 7.36. The van der Waals surface area contributed by atoms with Crippen molar-refractivity contribution in [2.24, 2.45) is 62.1 Å². The molecule has 3 aromatic carbocycles. The van der Waals surface area contributed by atoms with E-state index in [9.17, 15) is 38.7 Å². The van der Waals surface area contributed by atoms with Gasteiger partial charge in [-0.15, -0.1) is 0 Å². The molecule has 0 aliphatic rings. The van der Waals surface area contributed by atoms with Gasteiger partial charge in [0.25, 0.3) is 0 Å². The summed E-state index contributed by atoms with van der Waals surface area (Å²) in [4.78, 5) is 148. The number of carbonyl (C=O) groups is 9. The van der Waals surface area contributed by atoms with Gasteiger partial charge in [-0.3, -0.25) is 48.3 Å². The molecule has 0 radical (unpaired) electrons. The van der Waals surface area contributed by atoms with Gasteiger partial charge in [0.2, 0.25) is 47.3 Å². The first kappa shape index (κ1) is 76.0. The SMILES string of the molecule is CC[C@H](C)[C@H](NC(=O)[C@H](Cc1c[nH]c2ccccc12)NC(=O)[C@H](CCCN=C(N)N)NC(=O)[C@@H](NC(=O)[C@H](Cc1c[nH]c2ccccc12)NC(=O)[C@H](CCCN=C(N)N)NC(=O)[C@@H](NC(=O)[C@H](Cc1c[nH]c2ccccc12)NC(=O)[C@@H](N)CCCCN)[C@@H](C)CC)C(C)C)C(=O)O. The third kappa shape index (κ3) is 22.3. The molecule has 0 bridgehead atoms. The number of guanidine groups is 2. The van der Waals surface area contributed by atoms with E-state index in [-0.39, 0.29) is 70.0 Å². The number of nitrogens with two attached hydrogens (primary N) is 6. The number of benzene rings is 3. The molecule has 3 heterocycles. The molecule has 6 rings (SSSR count). The van der Waals surface area contributed by atoms with E-state index in [2.05, 4.69) is 67.5 Å². The Morgan fingerprint density at radius 2 is 0.773 bits per heavy atom. The van der Waals surface area contributed by atoms with E-state index in [4.69, 9.17) is 34.4 Å². The molecule has 24 N–H and O–H groups in total. The number of rotatable bonds is 40. The Bertz CT molecular complexity index is 3700. The van der Waals surface area contributed by atoms with Crippen molar-refractivity contribution >= 4 is 97.9 Å². The summed E-state index contributed by atoms with van der Waals surface area (Å²) in [5, 5.41) is 34.9. The summed E-state index contributed by atoms with van der Waals surface area (Å²) in [6, 6.07) is 10.3. The van der Waals surface area contributed by atoms with Crippen molar-refractivity contribution in [2.75, 3.05) is 19.6 Å². The van der Waals surface area contributed by atoms with Gasteiger partial charge in [-0.2, -0.15) is 0 Å². The molecule has 11 atom stereocenters. The van der Waals surface area contributed by atoms with Gasteiger partial charge in [-0.1, -0.05) is 115 Å². The lowest BCUT2D eigenvalue weighted by atomic mass is 9.96. The Kier molecular flexibility index (Phi) is 29.2. The molecular weight excluding hydrogens is 1240 g/mol. The van der Waals surface area contributed by atoms with Gasteiger partial charge in [0.1, 0.15) is 48.3 Å². The lowest BCUT2D eigenvalue weighted by molar-refractivity contribution is -0.144.